The van der Waals surface area contributed by atoms with E-state index in [2.05, 4.69) is 73.3 Å². The van der Waals surface area contributed by atoms with Crippen molar-refractivity contribution in [2.75, 3.05) is 5.32 Å². The number of nitrogens with one attached hydrogen (secondary N) is 3. The van der Waals surface area contributed by atoms with E-state index in [1.165, 1.54) is 15.8 Å². The molecule has 182 valence electrons. The first-order valence-corrected chi connectivity index (χ1v) is 13.1. The Bertz CT molecular complexity index is 1920. The van der Waals surface area contributed by atoms with Gasteiger partial charge in [-0.15, -0.1) is 11.3 Å². The third kappa shape index (κ3) is 3.95. The van der Waals surface area contributed by atoms with Gasteiger partial charge in [0.05, 0.1) is 23.1 Å². The lowest BCUT2D eigenvalue weighted by molar-refractivity contribution is 0.102. The predicted octanol–water partition coefficient (Wildman–Crippen LogP) is 7.75. The van der Waals surface area contributed by atoms with Gasteiger partial charge in [-0.05, 0) is 59.5 Å². The second-order valence-electron chi connectivity index (χ2n) is 9.04. The second kappa shape index (κ2) is 9.14. The van der Waals surface area contributed by atoms with E-state index in [0.29, 0.717) is 11.3 Å². The van der Waals surface area contributed by atoms with Crippen LogP contribution in [0.15, 0.2) is 109 Å². The molecule has 7 heteroatoms. The molecule has 0 aliphatic carbocycles. The van der Waals surface area contributed by atoms with E-state index in [-0.39, 0.29) is 5.91 Å². The van der Waals surface area contributed by atoms with Gasteiger partial charge < -0.3 is 10.3 Å². The van der Waals surface area contributed by atoms with E-state index in [0.717, 1.165) is 38.9 Å². The normalized spacial score (nSPS) is 11.3. The van der Waals surface area contributed by atoms with Crippen LogP contribution in [0.5, 0.6) is 0 Å². The Morgan fingerprint density at radius 1 is 0.789 bits per heavy atom. The maximum Gasteiger partial charge on any atom is 0.255 e. The molecule has 7 aromatic rings. The van der Waals surface area contributed by atoms with Crippen molar-refractivity contribution in [3.8, 4) is 33.0 Å². The second-order valence-corrected chi connectivity index (χ2v) is 9.99. The van der Waals surface area contributed by atoms with Gasteiger partial charge in [0.15, 0.2) is 0 Å². The topological polar surface area (TPSA) is 86.5 Å². The van der Waals surface area contributed by atoms with Gasteiger partial charge in [0.2, 0.25) is 0 Å². The molecule has 0 bridgehead atoms. The van der Waals surface area contributed by atoms with Crippen LogP contribution in [0.4, 0.5) is 5.69 Å². The number of aromatic amines is 2. The molecular formula is C31H21N5OS. The van der Waals surface area contributed by atoms with Crippen molar-refractivity contribution < 1.29 is 4.79 Å². The molecule has 38 heavy (non-hydrogen) atoms. The number of carbonyl (C=O) groups is 1. The van der Waals surface area contributed by atoms with Crippen LogP contribution in [0, 0.1) is 0 Å². The summed E-state index contributed by atoms with van der Waals surface area (Å²) in [6.07, 6.45) is 3.46. The monoisotopic (exact) mass is 511 g/mol. The minimum Gasteiger partial charge on any atom is -0.353 e. The van der Waals surface area contributed by atoms with Gasteiger partial charge in [-0.1, -0.05) is 42.5 Å². The summed E-state index contributed by atoms with van der Waals surface area (Å²) in [6.45, 7) is 0. The summed E-state index contributed by atoms with van der Waals surface area (Å²) < 4.78 is 0. The summed E-state index contributed by atoms with van der Waals surface area (Å²) in [7, 11) is 0. The van der Waals surface area contributed by atoms with Gasteiger partial charge in [-0.3, -0.25) is 14.9 Å². The molecule has 0 spiro atoms. The number of anilines is 1. The molecular weight excluding hydrogens is 490 g/mol. The van der Waals surface area contributed by atoms with Gasteiger partial charge >= 0.3 is 0 Å². The Hall–Kier alpha value is -5.01. The van der Waals surface area contributed by atoms with Crippen molar-refractivity contribution >= 4 is 44.7 Å². The Labute approximate surface area is 222 Å². The van der Waals surface area contributed by atoms with Crippen molar-refractivity contribution in [2.45, 2.75) is 0 Å². The minimum atomic E-state index is -0.169. The van der Waals surface area contributed by atoms with E-state index >= 15 is 0 Å². The van der Waals surface area contributed by atoms with E-state index in [1.807, 2.05) is 36.4 Å². The minimum absolute atomic E-state index is 0.169. The van der Waals surface area contributed by atoms with Gasteiger partial charge in [0.1, 0.15) is 5.69 Å². The summed E-state index contributed by atoms with van der Waals surface area (Å²) in [5.41, 5.74) is 8.17. The van der Waals surface area contributed by atoms with Crippen molar-refractivity contribution in [2.24, 2.45) is 0 Å². The average molecular weight is 512 g/mol. The number of benzene rings is 3. The molecule has 0 fully saturated rings. The third-order valence-electron chi connectivity index (χ3n) is 6.63. The van der Waals surface area contributed by atoms with E-state index in [4.69, 9.17) is 0 Å². The lowest BCUT2D eigenvalue weighted by Crippen LogP contribution is -2.11. The number of H-pyrrole nitrogens is 2. The molecule has 7 rings (SSSR count). The fraction of sp³-hybridized carbons (Fsp3) is 0. The zero-order valence-corrected chi connectivity index (χ0v) is 20.9. The van der Waals surface area contributed by atoms with Gasteiger partial charge in [-0.2, -0.15) is 5.10 Å². The van der Waals surface area contributed by atoms with Crippen molar-refractivity contribution in [1.82, 2.24) is 20.2 Å². The van der Waals surface area contributed by atoms with Crippen molar-refractivity contribution in [3.05, 3.63) is 114 Å². The highest BCUT2D eigenvalue weighted by atomic mass is 32.1. The zero-order chi connectivity index (χ0) is 25.5. The summed E-state index contributed by atoms with van der Waals surface area (Å²) in [6, 6.07) is 30.0. The zero-order valence-electron chi connectivity index (χ0n) is 20.1. The molecule has 4 aromatic heterocycles. The van der Waals surface area contributed by atoms with Gasteiger partial charge in [0, 0.05) is 44.1 Å². The first kappa shape index (κ1) is 22.2. The quantitative estimate of drug-likeness (QED) is 0.221. The Morgan fingerprint density at radius 2 is 1.71 bits per heavy atom. The predicted molar refractivity (Wildman–Crippen MR) is 154 cm³/mol. The number of nitrogens with zero attached hydrogens (tertiary/aromatic N) is 2. The molecule has 3 aromatic carbocycles. The SMILES string of the molecule is O=C(Nc1cncc(-c2ccc3[nH]nc(-c4cc5c(-c6cccs6)cccc5[nH]4)c3c2)c1)c1ccccc1. The van der Waals surface area contributed by atoms with Gasteiger partial charge in [0.25, 0.3) is 5.91 Å². The number of hydrogen-bond acceptors (Lipinski definition) is 4. The summed E-state index contributed by atoms with van der Waals surface area (Å²) in [4.78, 5) is 21.8. The number of pyridine rings is 1. The summed E-state index contributed by atoms with van der Waals surface area (Å²) in [5, 5.41) is 15.0. The molecule has 1 amide bonds. The number of fused-ring (bicyclic) bond motifs is 2. The number of hydrogen-bond donors (Lipinski definition) is 3. The highest BCUT2D eigenvalue weighted by molar-refractivity contribution is 7.13. The Kier molecular flexibility index (Phi) is 5.34. The molecule has 0 unspecified atom stereocenters. The molecule has 0 radical (unpaired) electrons. The molecule has 0 saturated carbocycles. The average Bonchev–Trinajstić information content (AvgIpc) is 3.73. The smallest absolute Gasteiger partial charge is 0.255 e. The first-order valence-electron chi connectivity index (χ1n) is 12.2. The highest BCUT2D eigenvalue weighted by Crippen LogP contribution is 2.36. The fourth-order valence-electron chi connectivity index (χ4n) is 4.79. The Morgan fingerprint density at radius 3 is 2.58 bits per heavy atom. The molecule has 4 heterocycles. The van der Waals surface area contributed by atoms with Crippen LogP contribution < -0.4 is 5.32 Å². The lowest BCUT2D eigenvalue weighted by Gasteiger charge is -2.08. The van der Waals surface area contributed by atoms with E-state index in [9.17, 15) is 4.79 Å². The first-order chi connectivity index (χ1) is 18.7. The van der Waals surface area contributed by atoms with Crippen molar-refractivity contribution in [1.29, 1.82) is 0 Å². The van der Waals surface area contributed by atoms with Crippen LogP contribution in [0.2, 0.25) is 0 Å². The molecule has 0 aliphatic heterocycles. The van der Waals surface area contributed by atoms with Crippen LogP contribution in [-0.2, 0) is 0 Å². The molecule has 0 atom stereocenters. The van der Waals surface area contributed by atoms with Gasteiger partial charge in [-0.25, -0.2) is 0 Å². The van der Waals surface area contributed by atoms with E-state index < -0.39 is 0 Å². The third-order valence-corrected chi connectivity index (χ3v) is 7.54. The van der Waals surface area contributed by atoms with E-state index in [1.54, 1.807) is 35.9 Å². The van der Waals surface area contributed by atoms with Crippen LogP contribution in [0.3, 0.4) is 0 Å². The number of aromatic nitrogens is 4. The number of carbonyl (C=O) groups excluding carboxylic acids is 1. The number of rotatable bonds is 5. The molecule has 6 nitrogen and oxygen atoms in total. The maximum atomic E-state index is 12.6. The molecule has 0 saturated heterocycles. The summed E-state index contributed by atoms with van der Waals surface area (Å²) >= 11 is 1.74. The maximum absolute atomic E-state index is 12.6. The van der Waals surface area contributed by atoms with Crippen LogP contribution in [-0.4, -0.2) is 26.1 Å². The number of amides is 1. The standard InChI is InChI=1S/C31H21N5OS/c37-31(19-6-2-1-3-7-19)33-22-14-21(17-32-18-22)20-11-12-27-25(15-20)30(36-35-27)28-16-24-23(29-10-5-13-38-29)8-4-9-26(24)34-28/h1-18,34H,(H,33,37)(H,35,36). The summed E-state index contributed by atoms with van der Waals surface area (Å²) in [5.74, 6) is -0.169. The van der Waals surface area contributed by atoms with Crippen LogP contribution in [0.25, 0.3) is 54.8 Å². The van der Waals surface area contributed by atoms with Crippen LogP contribution >= 0.6 is 11.3 Å². The molecule has 3 N–H and O–H groups in total. The Balaban J connectivity index is 1.25. The van der Waals surface area contributed by atoms with Crippen molar-refractivity contribution in [3.63, 3.8) is 0 Å². The highest BCUT2D eigenvalue weighted by Gasteiger charge is 2.15. The largest absolute Gasteiger partial charge is 0.353 e. The fourth-order valence-corrected chi connectivity index (χ4v) is 5.55. The van der Waals surface area contributed by atoms with Crippen LogP contribution in [0.1, 0.15) is 10.4 Å². The molecule has 0 aliphatic rings. The number of thiophene rings is 1. The lowest BCUT2D eigenvalue weighted by atomic mass is 10.0.